The average Bonchev–Trinajstić information content (AvgIpc) is 2.86. The largest absolute Gasteiger partial charge is 0.468 e. The molecule has 1 aromatic heterocycles. The van der Waals surface area contributed by atoms with Gasteiger partial charge in [-0.25, -0.2) is 0 Å². The average molecular weight is 279 g/mol. The standard InChI is InChI=1S/C16H29N3O/c1-4-17-10-15-9-16(20-13-15)12-19(3)11-14-5-7-18(2)8-6-14/h9,13-14,17H,4-8,10-12H2,1-3H3. The van der Waals surface area contributed by atoms with Gasteiger partial charge in [0.05, 0.1) is 12.8 Å². The molecule has 0 amide bonds. The van der Waals surface area contributed by atoms with Gasteiger partial charge in [0.1, 0.15) is 5.76 Å². The van der Waals surface area contributed by atoms with E-state index in [2.05, 4.69) is 42.2 Å². The predicted octanol–water partition coefficient (Wildman–Crippen LogP) is 2.16. The first-order chi connectivity index (χ1) is 9.67. The number of nitrogens with one attached hydrogen (secondary N) is 1. The molecule has 1 aliphatic rings. The van der Waals surface area contributed by atoms with Crippen molar-refractivity contribution in [2.75, 3.05) is 40.3 Å². The Labute approximate surface area is 123 Å². The first-order valence-electron chi connectivity index (χ1n) is 7.81. The molecule has 2 rings (SSSR count). The van der Waals surface area contributed by atoms with Gasteiger partial charge < -0.3 is 14.6 Å². The Morgan fingerprint density at radius 2 is 2.15 bits per heavy atom. The summed E-state index contributed by atoms with van der Waals surface area (Å²) in [7, 11) is 4.42. The maximum Gasteiger partial charge on any atom is 0.118 e. The maximum absolute atomic E-state index is 5.65. The molecule has 0 radical (unpaired) electrons. The zero-order valence-electron chi connectivity index (χ0n) is 13.2. The van der Waals surface area contributed by atoms with Gasteiger partial charge in [-0.2, -0.15) is 0 Å². The zero-order valence-corrected chi connectivity index (χ0v) is 13.2. The Balaban J connectivity index is 1.73. The summed E-state index contributed by atoms with van der Waals surface area (Å²) < 4.78 is 5.65. The molecule has 1 aliphatic heterocycles. The van der Waals surface area contributed by atoms with E-state index in [4.69, 9.17) is 4.42 Å². The van der Waals surface area contributed by atoms with E-state index in [1.807, 2.05) is 6.26 Å². The van der Waals surface area contributed by atoms with E-state index in [0.717, 1.165) is 31.3 Å². The van der Waals surface area contributed by atoms with Gasteiger partial charge in [0.25, 0.3) is 0 Å². The smallest absolute Gasteiger partial charge is 0.118 e. The summed E-state index contributed by atoms with van der Waals surface area (Å²) in [5.74, 6) is 1.92. The second-order valence-corrected chi connectivity index (χ2v) is 6.14. The highest BCUT2D eigenvalue weighted by Crippen LogP contribution is 2.18. The molecular weight excluding hydrogens is 250 g/mol. The van der Waals surface area contributed by atoms with Gasteiger partial charge >= 0.3 is 0 Å². The van der Waals surface area contributed by atoms with E-state index < -0.39 is 0 Å². The lowest BCUT2D eigenvalue weighted by Crippen LogP contribution is -2.35. The van der Waals surface area contributed by atoms with Crippen molar-refractivity contribution in [2.45, 2.75) is 32.9 Å². The molecule has 1 aromatic rings. The number of hydrogen-bond acceptors (Lipinski definition) is 4. The molecular formula is C16H29N3O. The SMILES string of the molecule is CCNCc1coc(CN(C)CC2CCN(C)CC2)c1. The van der Waals surface area contributed by atoms with Crippen molar-refractivity contribution in [1.29, 1.82) is 0 Å². The molecule has 1 saturated heterocycles. The third-order valence-corrected chi connectivity index (χ3v) is 4.12. The molecule has 0 spiro atoms. The van der Waals surface area contributed by atoms with E-state index in [9.17, 15) is 0 Å². The third-order valence-electron chi connectivity index (χ3n) is 4.12. The fourth-order valence-electron chi connectivity index (χ4n) is 2.89. The fourth-order valence-corrected chi connectivity index (χ4v) is 2.89. The lowest BCUT2D eigenvalue weighted by molar-refractivity contribution is 0.168. The normalized spacial score (nSPS) is 18.0. The second-order valence-electron chi connectivity index (χ2n) is 6.14. The van der Waals surface area contributed by atoms with Crippen LogP contribution in [0, 0.1) is 5.92 Å². The summed E-state index contributed by atoms with van der Waals surface area (Å²) in [5, 5.41) is 3.32. The summed E-state index contributed by atoms with van der Waals surface area (Å²) in [6.45, 7) is 8.60. The number of hydrogen-bond donors (Lipinski definition) is 1. The molecule has 0 aliphatic carbocycles. The first kappa shape index (κ1) is 15.5. The van der Waals surface area contributed by atoms with Crippen molar-refractivity contribution in [3.63, 3.8) is 0 Å². The van der Waals surface area contributed by atoms with Crippen molar-refractivity contribution in [1.82, 2.24) is 15.1 Å². The maximum atomic E-state index is 5.65. The van der Waals surface area contributed by atoms with Gasteiger partial charge in [-0.05, 0) is 58.6 Å². The van der Waals surface area contributed by atoms with Crippen LogP contribution in [-0.2, 0) is 13.1 Å². The number of nitrogens with zero attached hydrogens (tertiary/aromatic N) is 2. The molecule has 0 aromatic carbocycles. The highest BCUT2D eigenvalue weighted by atomic mass is 16.3. The van der Waals surface area contributed by atoms with Crippen LogP contribution >= 0.6 is 0 Å². The van der Waals surface area contributed by atoms with Gasteiger partial charge in [0.15, 0.2) is 0 Å². The molecule has 114 valence electrons. The Morgan fingerprint density at radius 3 is 2.85 bits per heavy atom. The van der Waals surface area contributed by atoms with Crippen molar-refractivity contribution < 1.29 is 4.42 Å². The summed E-state index contributed by atoms with van der Waals surface area (Å²) >= 11 is 0. The van der Waals surface area contributed by atoms with Crippen LogP contribution < -0.4 is 5.32 Å². The number of rotatable bonds is 7. The van der Waals surface area contributed by atoms with Gasteiger partial charge in [-0.3, -0.25) is 4.90 Å². The molecule has 2 heterocycles. The van der Waals surface area contributed by atoms with Gasteiger partial charge in [0.2, 0.25) is 0 Å². The van der Waals surface area contributed by atoms with Crippen LogP contribution in [0.15, 0.2) is 16.7 Å². The second kappa shape index (κ2) is 7.81. The third kappa shape index (κ3) is 4.93. The quantitative estimate of drug-likeness (QED) is 0.829. The van der Waals surface area contributed by atoms with Crippen molar-refractivity contribution in [3.8, 4) is 0 Å². The Bertz CT molecular complexity index is 383. The van der Waals surface area contributed by atoms with Crippen LogP contribution in [0.3, 0.4) is 0 Å². The monoisotopic (exact) mass is 279 g/mol. The van der Waals surface area contributed by atoms with Crippen molar-refractivity contribution in [3.05, 3.63) is 23.7 Å². The molecule has 1 fully saturated rings. The number of piperidine rings is 1. The van der Waals surface area contributed by atoms with E-state index >= 15 is 0 Å². The van der Waals surface area contributed by atoms with Crippen LogP contribution in [0.25, 0.3) is 0 Å². The fraction of sp³-hybridized carbons (Fsp3) is 0.750. The van der Waals surface area contributed by atoms with E-state index in [1.54, 1.807) is 0 Å². The van der Waals surface area contributed by atoms with Crippen molar-refractivity contribution >= 4 is 0 Å². The highest BCUT2D eigenvalue weighted by molar-refractivity contribution is 5.12. The lowest BCUT2D eigenvalue weighted by atomic mass is 9.97. The molecule has 4 nitrogen and oxygen atoms in total. The van der Waals surface area contributed by atoms with E-state index in [-0.39, 0.29) is 0 Å². The molecule has 0 saturated carbocycles. The van der Waals surface area contributed by atoms with Crippen LogP contribution in [-0.4, -0.2) is 50.1 Å². The highest BCUT2D eigenvalue weighted by Gasteiger charge is 2.18. The summed E-state index contributed by atoms with van der Waals surface area (Å²) in [6.07, 6.45) is 4.52. The minimum Gasteiger partial charge on any atom is -0.468 e. The molecule has 20 heavy (non-hydrogen) atoms. The van der Waals surface area contributed by atoms with Crippen LogP contribution in [0.2, 0.25) is 0 Å². The number of likely N-dealkylation sites (tertiary alicyclic amines) is 1. The van der Waals surface area contributed by atoms with Gasteiger partial charge in [-0.1, -0.05) is 6.92 Å². The topological polar surface area (TPSA) is 31.7 Å². The summed E-state index contributed by atoms with van der Waals surface area (Å²) in [6, 6.07) is 2.17. The number of furan rings is 1. The molecule has 0 unspecified atom stereocenters. The Kier molecular flexibility index (Phi) is 6.07. The van der Waals surface area contributed by atoms with Gasteiger partial charge in [0, 0.05) is 18.7 Å². The molecule has 0 bridgehead atoms. The summed E-state index contributed by atoms with van der Waals surface area (Å²) in [4.78, 5) is 4.82. The lowest BCUT2D eigenvalue weighted by Gasteiger charge is -2.31. The molecule has 4 heteroatoms. The van der Waals surface area contributed by atoms with Crippen molar-refractivity contribution in [2.24, 2.45) is 5.92 Å². The Hall–Kier alpha value is -0.840. The van der Waals surface area contributed by atoms with E-state index in [1.165, 1.54) is 38.0 Å². The molecule has 1 N–H and O–H groups in total. The Morgan fingerprint density at radius 1 is 1.40 bits per heavy atom. The van der Waals surface area contributed by atoms with Crippen LogP contribution in [0.1, 0.15) is 31.1 Å². The van der Waals surface area contributed by atoms with Crippen LogP contribution in [0.4, 0.5) is 0 Å². The van der Waals surface area contributed by atoms with Gasteiger partial charge in [-0.15, -0.1) is 0 Å². The summed E-state index contributed by atoms with van der Waals surface area (Å²) in [5.41, 5.74) is 1.24. The zero-order chi connectivity index (χ0) is 14.4. The minimum absolute atomic E-state index is 0.840. The first-order valence-corrected chi connectivity index (χ1v) is 7.81. The van der Waals surface area contributed by atoms with Crippen LogP contribution in [0.5, 0.6) is 0 Å². The minimum atomic E-state index is 0.840. The molecule has 0 atom stereocenters. The van der Waals surface area contributed by atoms with E-state index in [0.29, 0.717) is 0 Å². The predicted molar refractivity (Wildman–Crippen MR) is 82.6 cm³/mol.